The van der Waals surface area contributed by atoms with E-state index in [1.807, 2.05) is 20.8 Å². The lowest BCUT2D eigenvalue weighted by atomic mass is 10.1. The van der Waals surface area contributed by atoms with Crippen LogP contribution in [0.3, 0.4) is 0 Å². The minimum atomic E-state index is -0.418. The first-order chi connectivity index (χ1) is 13.7. The number of carbonyl (C=O) groups excluding carboxylic acids is 2. The van der Waals surface area contributed by atoms with Gasteiger partial charge in [0.25, 0.3) is 5.91 Å². The Hall–Kier alpha value is -3.62. The molecule has 0 saturated carbocycles. The second kappa shape index (κ2) is 8.17. The van der Waals surface area contributed by atoms with E-state index in [2.05, 4.69) is 26.0 Å². The molecule has 0 aliphatic heterocycles. The third-order valence-electron chi connectivity index (χ3n) is 3.77. The maximum absolute atomic E-state index is 13.1. The number of halogens is 1. The van der Waals surface area contributed by atoms with Crippen molar-refractivity contribution in [3.05, 3.63) is 59.9 Å². The fourth-order valence-electron chi connectivity index (χ4n) is 2.59. The molecule has 0 spiro atoms. The van der Waals surface area contributed by atoms with Crippen molar-refractivity contribution >= 4 is 17.5 Å². The number of benzene rings is 2. The van der Waals surface area contributed by atoms with Crippen LogP contribution in [-0.4, -0.2) is 37.6 Å². The molecule has 9 heteroatoms. The molecule has 0 atom stereocenters. The van der Waals surface area contributed by atoms with Crippen LogP contribution in [0.4, 0.5) is 10.1 Å². The Labute approximate surface area is 167 Å². The highest BCUT2D eigenvalue weighted by molar-refractivity contribution is 6.06. The van der Waals surface area contributed by atoms with Crippen molar-refractivity contribution in [1.29, 1.82) is 0 Å². The molecule has 1 aromatic heterocycles. The number of hydrogen-bond donors (Lipinski definition) is 2. The van der Waals surface area contributed by atoms with Crippen LogP contribution in [-0.2, 0) is 11.3 Å². The second-order valence-corrected chi connectivity index (χ2v) is 7.45. The number of rotatable bonds is 5. The highest BCUT2D eigenvalue weighted by atomic mass is 19.1. The number of tetrazole rings is 1. The standard InChI is InChI=1S/C20H21FN6O2/c1-20(2,3)23-17(28)12-27-25-18(24-26-27)15-6-4-5-7-16(15)22-19(29)13-8-10-14(21)11-9-13/h4-11H,12H2,1-3H3,(H,22,29)(H,23,28). The van der Waals surface area contributed by atoms with Crippen LogP contribution in [0, 0.1) is 5.82 Å². The Kier molecular flexibility index (Phi) is 5.67. The van der Waals surface area contributed by atoms with Gasteiger partial charge in [0.1, 0.15) is 12.4 Å². The maximum atomic E-state index is 13.1. The van der Waals surface area contributed by atoms with Crippen LogP contribution in [0.2, 0.25) is 0 Å². The molecule has 0 fully saturated rings. The van der Waals surface area contributed by atoms with Crippen LogP contribution >= 0.6 is 0 Å². The van der Waals surface area contributed by atoms with Gasteiger partial charge < -0.3 is 10.6 Å². The summed E-state index contributed by atoms with van der Waals surface area (Å²) in [6.45, 7) is 5.57. The van der Waals surface area contributed by atoms with Crippen LogP contribution in [0.1, 0.15) is 31.1 Å². The monoisotopic (exact) mass is 396 g/mol. The first kappa shape index (κ1) is 20.1. The number of aromatic nitrogens is 4. The summed E-state index contributed by atoms with van der Waals surface area (Å²) >= 11 is 0. The molecule has 0 bridgehead atoms. The zero-order valence-corrected chi connectivity index (χ0v) is 16.3. The van der Waals surface area contributed by atoms with Gasteiger partial charge in [0.15, 0.2) is 0 Å². The number of nitrogens with one attached hydrogen (secondary N) is 2. The van der Waals surface area contributed by atoms with Crippen LogP contribution in [0.15, 0.2) is 48.5 Å². The van der Waals surface area contributed by atoms with E-state index in [1.165, 1.54) is 29.1 Å². The molecule has 150 valence electrons. The molecule has 2 aromatic carbocycles. The fraction of sp³-hybridized carbons (Fsp3) is 0.250. The summed E-state index contributed by atoms with van der Waals surface area (Å²) in [4.78, 5) is 25.7. The van der Waals surface area contributed by atoms with Gasteiger partial charge in [0.05, 0.1) is 5.69 Å². The molecule has 0 unspecified atom stereocenters. The summed E-state index contributed by atoms with van der Waals surface area (Å²) < 4.78 is 13.1. The Bertz CT molecular complexity index is 1020. The molecule has 3 rings (SSSR count). The SMILES string of the molecule is CC(C)(C)NC(=O)Cn1nnc(-c2ccccc2NC(=O)c2ccc(F)cc2)n1. The molecule has 3 aromatic rings. The summed E-state index contributed by atoms with van der Waals surface area (Å²) in [7, 11) is 0. The molecule has 0 aliphatic rings. The van der Waals surface area contributed by atoms with E-state index in [-0.39, 0.29) is 23.8 Å². The Morgan fingerprint density at radius 2 is 1.76 bits per heavy atom. The van der Waals surface area contributed by atoms with Crippen molar-refractivity contribution < 1.29 is 14.0 Å². The van der Waals surface area contributed by atoms with Gasteiger partial charge in [-0.25, -0.2) is 4.39 Å². The normalized spacial score (nSPS) is 11.2. The maximum Gasteiger partial charge on any atom is 0.255 e. The minimum Gasteiger partial charge on any atom is -0.350 e. The molecule has 2 N–H and O–H groups in total. The van der Waals surface area contributed by atoms with Gasteiger partial charge in [-0.15, -0.1) is 10.2 Å². The number of amides is 2. The third-order valence-corrected chi connectivity index (χ3v) is 3.77. The average molecular weight is 396 g/mol. The lowest BCUT2D eigenvalue weighted by molar-refractivity contribution is -0.123. The molecule has 29 heavy (non-hydrogen) atoms. The number of nitrogens with zero attached hydrogens (tertiary/aromatic N) is 4. The first-order valence-electron chi connectivity index (χ1n) is 8.96. The molecular weight excluding hydrogens is 375 g/mol. The topological polar surface area (TPSA) is 102 Å². The van der Waals surface area contributed by atoms with E-state index in [9.17, 15) is 14.0 Å². The van der Waals surface area contributed by atoms with Crippen molar-refractivity contribution in [1.82, 2.24) is 25.5 Å². The zero-order chi connectivity index (χ0) is 21.0. The summed E-state index contributed by atoms with van der Waals surface area (Å²) in [5.41, 5.74) is 0.972. The average Bonchev–Trinajstić information content (AvgIpc) is 3.09. The van der Waals surface area contributed by atoms with Gasteiger partial charge >= 0.3 is 0 Å². The second-order valence-electron chi connectivity index (χ2n) is 7.45. The van der Waals surface area contributed by atoms with Crippen molar-refractivity contribution in [3.63, 3.8) is 0 Å². The number of carbonyl (C=O) groups is 2. The van der Waals surface area contributed by atoms with Crippen molar-refractivity contribution in [2.45, 2.75) is 32.9 Å². The lowest BCUT2D eigenvalue weighted by Gasteiger charge is -2.19. The molecule has 0 saturated heterocycles. The Balaban J connectivity index is 1.77. The third kappa shape index (κ3) is 5.44. The highest BCUT2D eigenvalue weighted by Crippen LogP contribution is 2.24. The van der Waals surface area contributed by atoms with E-state index < -0.39 is 11.7 Å². The lowest BCUT2D eigenvalue weighted by Crippen LogP contribution is -2.42. The van der Waals surface area contributed by atoms with E-state index in [1.54, 1.807) is 24.3 Å². The predicted molar refractivity (Wildman–Crippen MR) is 106 cm³/mol. The molecule has 8 nitrogen and oxygen atoms in total. The minimum absolute atomic E-state index is 0.0750. The van der Waals surface area contributed by atoms with Gasteiger partial charge in [0, 0.05) is 16.7 Å². The van der Waals surface area contributed by atoms with Crippen molar-refractivity contribution in [3.8, 4) is 11.4 Å². The molecule has 0 radical (unpaired) electrons. The fourth-order valence-corrected chi connectivity index (χ4v) is 2.59. The van der Waals surface area contributed by atoms with E-state index in [0.717, 1.165) is 0 Å². The van der Waals surface area contributed by atoms with E-state index in [0.29, 0.717) is 16.8 Å². The molecule has 2 amide bonds. The van der Waals surface area contributed by atoms with Gasteiger partial charge in [-0.1, -0.05) is 12.1 Å². The summed E-state index contributed by atoms with van der Waals surface area (Å²) in [5, 5.41) is 17.7. The molecule has 0 aliphatic carbocycles. The van der Waals surface area contributed by atoms with Crippen molar-refractivity contribution in [2.75, 3.05) is 5.32 Å². The smallest absolute Gasteiger partial charge is 0.255 e. The molecular formula is C20H21FN6O2. The van der Waals surface area contributed by atoms with Crippen LogP contribution in [0.25, 0.3) is 11.4 Å². The first-order valence-corrected chi connectivity index (χ1v) is 8.96. The Morgan fingerprint density at radius 1 is 1.07 bits per heavy atom. The van der Waals surface area contributed by atoms with Crippen molar-refractivity contribution in [2.24, 2.45) is 0 Å². The van der Waals surface area contributed by atoms with Crippen LogP contribution < -0.4 is 10.6 Å². The van der Waals surface area contributed by atoms with E-state index in [4.69, 9.17) is 0 Å². The number of anilines is 1. The number of para-hydroxylation sites is 1. The highest BCUT2D eigenvalue weighted by Gasteiger charge is 2.17. The Morgan fingerprint density at radius 3 is 2.45 bits per heavy atom. The van der Waals surface area contributed by atoms with Gasteiger partial charge in [-0.3, -0.25) is 9.59 Å². The zero-order valence-electron chi connectivity index (χ0n) is 16.3. The predicted octanol–water partition coefficient (Wildman–Crippen LogP) is 2.65. The number of hydrogen-bond acceptors (Lipinski definition) is 5. The van der Waals surface area contributed by atoms with E-state index >= 15 is 0 Å². The summed E-state index contributed by atoms with van der Waals surface area (Å²) in [6, 6.07) is 12.2. The van der Waals surface area contributed by atoms with Gasteiger partial charge in [0.2, 0.25) is 11.7 Å². The summed E-state index contributed by atoms with van der Waals surface area (Å²) in [5.74, 6) is -0.782. The summed E-state index contributed by atoms with van der Waals surface area (Å²) in [6.07, 6.45) is 0. The largest absolute Gasteiger partial charge is 0.350 e. The molecule has 1 heterocycles. The van der Waals surface area contributed by atoms with Gasteiger partial charge in [-0.2, -0.15) is 4.80 Å². The quantitative estimate of drug-likeness (QED) is 0.690. The van der Waals surface area contributed by atoms with Gasteiger partial charge in [-0.05, 0) is 62.4 Å². The van der Waals surface area contributed by atoms with Crippen LogP contribution in [0.5, 0.6) is 0 Å².